The van der Waals surface area contributed by atoms with Crippen molar-refractivity contribution in [3.63, 3.8) is 0 Å². The van der Waals surface area contributed by atoms with Gasteiger partial charge in [-0.3, -0.25) is 9.59 Å². The number of hydrogen-bond acceptors (Lipinski definition) is 4. The summed E-state index contributed by atoms with van der Waals surface area (Å²) in [5, 5.41) is 0. The van der Waals surface area contributed by atoms with Crippen LogP contribution < -0.4 is 4.72 Å². The van der Waals surface area contributed by atoms with Crippen molar-refractivity contribution in [2.24, 2.45) is 0 Å². The van der Waals surface area contributed by atoms with Gasteiger partial charge in [0.1, 0.15) is 0 Å². The largest absolute Gasteiger partial charge is 0.305 e. The summed E-state index contributed by atoms with van der Waals surface area (Å²) < 4.78 is 24.1. The molecule has 0 aromatic heterocycles. The third-order valence-corrected chi connectivity index (χ3v) is 3.00. The molecule has 0 unspecified atom stereocenters. The summed E-state index contributed by atoms with van der Waals surface area (Å²) in [5.74, 6) is -2.24. The number of unbranched alkanes of at least 4 members (excludes halogenated alkanes) is 2. The SMILES string of the molecule is C=CC(=O)C(=O)NS(=O)(=O)CCCCC. The average Bonchev–Trinajstić information content (AvgIpc) is 2.16. The first kappa shape index (κ1) is 13.8. The van der Waals surface area contributed by atoms with E-state index in [0.29, 0.717) is 6.42 Å². The van der Waals surface area contributed by atoms with Crippen molar-refractivity contribution >= 4 is 21.7 Å². The summed E-state index contributed by atoms with van der Waals surface area (Å²) in [5.41, 5.74) is 0. The number of hydrogen-bond donors (Lipinski definition) is 1. The van der Waals surface area contributed by atoms with Gasteiger partial charge in [0, 0.05) is 0 Å². The molecule has 0 aromatic carbocycles. The van der Waals surface area contributed by atoms with Gasteiger partial charge in [0.15, 0.2) is 0 Å². The maximum Gasteiger partial charge on any atom is 0.305 e. The second-order valence-electron chi connectivity index (χ2n) is 3.03. The molecule has 0 saturated heterocycles. The third kappa shape index (κ3) is 6.01. The Hall–Kier alpha value is -1.17. The molecule has 0 aliphatic rings. The molecule has 0 fully saturated rings. The predicted octanol–water partition coefficient (Wildman–Crippen LogP) is 0.378. The zero-order chi connectivity index (χ0) is 11.9. The number of carbonyl (C=O) groups is 2. The van der Waals surface area contributed by atoms with Gasteiger partial charge in [0.05, 0.1) is 5.75 Å². The van der Waals surface area contributed by atoms with Crippen LogP contribution in [-0.2, 0) is 19.6 Å². The Morgan fingerprint density at radius 3 is 2.40 bits per heavy atom. The van der Waals surface area contributed by atoms with Crippen LogP contribution in [0.25, 0.3) is 0 Å². The second kappa shape index (κ2) is 6.34. The number of carbonyl (C=O) groups excluding carboxylic acids is 2. The molecule has 0 rings (SSSR count). The Bertz CT molecular complexity index is 345. The van der Waals surface area contributed by atoms with Gasteiger partial charge < -0.3 is 0 Å². The summed E-state index contributed by atoms with van der Waals surface area (Å²) in [6.45, 7) is 5.02. The summed E-state index contributed by atoms with van der Waals surface area (Å²) in [7, 11) is -3.68. The van der Waals surface area contributed by atoms with Crippen molar-refractivity contribution < 1.29 is 18.0 Å². The van der Waals surface area contributed by atoms with Gasteiger partial charge >= 0.3 is 5.91 Å². The van der Waals surface area contributed by atoms with Gasteiger partial charge in [-0.05, 0) is 12.5 Å². The second-order valence-corrected chi connectivity index (χ2v) is 4.87. The van der Waals surface area contributed by atoms with E-state index in [0.717, 1.165) is 18.9 Å². The number of ketones is 1. The van der Waals surface area contributed by atoms with Gasteiger partial charge in [0.25, 0.3) is 0 Å². The number of sulfonamides is 1. The minimum atomic E-state index is -3.68. The molecule has 1 N–H and O–H groups in total. The Labute approximate surface area is 89.6 Å². The van der Waals surface area contributed by atoms with E-state index in [1.165, 1.54) is 0 Å². The Morgan fingerprint density at radius 2 is 1.93 bits per heavy atom. The molecule has 0 atom stereocenters. The van der Waals surface area contributed by atoms with Crippen LogP contribution >= 0.6 is 0 Å². The minimum absolute atomic E-state index is 0.142. The highest BCUT2D eigenvalue weighted by atomic mass is 32.2. The molecule has 0 aromatic rings. The first-order valence-electron chi connectivity index (χ1n) is 4.64. The fourth-order valence-electron chi connectivity index (χ4n) is 0.877. The van der Waals surface area contributed by atoms with Crippen molar-refractivity contribution in [1.29, 1.82) is 0 Å². The number of rotatable bonds is 7. The normalized spacial score (nSPS) is 10.7. The van der Waals surface area contributed by atoms with Gasteiger partial charge in [-0.1, -0.05) is 26.3 Å². The molecule has 0 aliphatic heterocycles. The lowest BCUT2D eigenvalue weighted by Crippen LogP contribution is -2.36. The minimum Gasteiger partial charge on any atom is -0.284 e. The van der Waals surface area contributed by atoms with Crippen LogP contribution in [0, 0.1) is 0 Å². The van der Waals surface area contributed by atoms with E-state index in [1.54, 1.807) is 4.72 Å². The fraction of sp³-hybridized carbons (Fsp3) is 0.556. The summed E-state index contributed by atoms with van der Waals surface area (Å²) in [4.78, 5) is 21.6. The lowest BCUT2D eigenvalue weighted by Gasteiger charge is -2.03. The van der Waals surface area contributed by atoms with Crippen LogP contribution in [0.2, 0.25) is 0 Å². The molecule has 6 heteroatoms. The van der Waals surface area contributed by atoms with Crippen molar-refractivity contribution in [1.82, 2.24) is 4.72 Å². The van der Waals surface area contributed by atoms with E-state index < -0.39 is 21.7 Å². The molecule has 0 heterocycles. The van der Waals surface area contributed by atoms with Crippen molar-refractivity contribution in [2.45, 2.75) is 26.2 Å². The standard InChI is InChI=1S/C9H15NO4S/c1-3-5-6-7-15(13,14)10-9(12)8(11)4-2/h4H,2-3,5-7H2,1H3,(H,10,12). The van der Waals surface area contributed by atoms with Crippen molar-refractivity contribution in [3.05, 3.63) is 12.7 Å². The van der Waals surface area contributed by atoms with Crippen LogP contribution in [-0.4, -0.2) is 25.9 Å². The van der Waals surface area contributed by atoms with Crippen LogP contribution in [0.5, 0.6) is 0 Å². The van der Waals surface area contributed by atoms with E-state index in [4.69, 9.17) is 0 Å². The smallest absolute Gasteiger partial charge is 0.284 e. The highest BCUT2D eigenvalue weighted by molar-refractivity contribution is 7.90. The van der Waals surface area contributed by atoms with Gasteiger partial charge in [-0.25, -0.2) is 13.1 Å². The quantitative estimate of drug-likeness (QED) is 0.391. The number of nitrogens with one attached hydrogen (secondary N) is 1. The maximum atomic E-state index is 11.2. The molecule has 0 bridgehead atoms. The van der Waals surface area contributed by atoms with E-state index >= 15 is 0 Å². The van der Waals surface area contributed by atoms with E-state index in [-0.39, 0.29) is 5.75 Å². The molecule has 1 amide bonds. The first-order valence-corrected chi connectivity index (χ1v) is 6.29. The molecule has 0 aliphatic carbocycles. The van der Waals surface area contributed by atoms with Gasteiger partial charge in [0.2, 0.25) is 15.8 Å². The Morgan fingerprint density at radius 1 is 1.33 bits per heavy atom. The van der Waals surface area contributed by atoms with Crippen LogP contribution in [0.4, 0.5) is 0 Å². The van der Waals surface area contributed by atoms with Crippen molar-refractivity contribution in [2.75, 3.05) is 5.75 Å². The molecular formula is C9H15NO4S. The third-order valence-electron chi connectivity index (χ3n) is 1.67. The van der Waals surface area contributed by atoms with Gasteiger partial charge in [-0.2, -0.15) is 0 Å². The highest BCUT2D eigenvalue weighted by Gasteiger charge is 2.17. The molecule has 0 saturated carbocycles. The summed E-state index contributed by atoms with van der Waals surface area (Å²) in [6, 6.07) is 0. The summed E-state index contributed by atoms with van der Waals surface area (Å²) in [6.07, 6.45) is 2.90. The Kier molecular flexibility index (Phi) is 5.84. The molecular weight excluding hydrogens is 218 g/mol. The van der Waals surface area contributed by atoms with Crippen molar-refractivity contribution in [3.8, 4) is 0 Å². The monoisotopic (exact) mass is 233 g/mol. The average molecular weight is 233 g/mol. The van der Waals surface area contributed by atoms with Crippen LogP contribution in [0.15, 0.2) is 12.7 Å². The zero-order valence-corrected chi connectivity index (χ0v) is 9.47. The van der Waals surface area contributed by atoms with Gasteiger partial charge in [-0.15, -0.1) is 0 Å². The van der Waals surface area contributed by atoms with Crippen LogP contribution in [0.3, 0.4) is 0 Å². The molecule has 86 valence electrons. The molecule has 0 spiro atoms. The Balaban J connectivity index is 4.20. The predicted molar refractivity (Wildman–Crippen MR) is 56.7 cm³/mol. The van der Waals surface area contributed by atoms with E-state index in [9.17, 15) is 18.0 Å². The lowest BCUT2D eigenvalue weighted by atomic mass is 10.3. The molecule has 15 heavy (non-hydrogen) atoms. The summed E-state index contributed by atoms with van der Waals surface area (Å²) >= 11 is 0. The topological polar surface area (TPSA) is 80.3 Å². The lowest BCUT2D eigenvalue weighted by molar-refractivity contribution is -0.134. The molecule has 5 nitrogen and oxygen atoms in total. The van der Waals surface area contributed by atoms with Crippen LogP contribution in [0.1, 0.15) is 26.2 Å². The number of amides is 1. The maximum absolute atomic E-state index is 11.2. The first-order chi connectivity index (χ1) is 6.93. The zero-order valence-electron chi connectivity index (χ0n) is 8.65. The highest BCUT2D eigenvalue weighted by Crippen LogP contribution is 1.97. The fourth-order valence-corrected chi connectivity index (χ4v) is 1.95. The van der Waals surface area contributed by atoms with E-state index in [1.807, 2.05) is 6.92 Å². The molecule has 0 radical (unpaired) electrons. The van der Waals surface area contributed by atoms with E-state index in [2.05, 4.69) is 6.58 Å².